The van der Waals surface area contributed by atoms with Crippen molar-refractivity contribution < 1.29 is 0 Å². The van der Waals surface area contributed by atoms with E-state index >= 15 is 0 Å². The molecule has 5 heteroatoms. The Labute approximate surface area is 89.8 Å². The van der Waals surface area contributed by atoms with Crippen LogP contribution in [0.15, 0.2) is 22.8 Å². The van der Waals surface area contributed by atoms with Gasteiger partial charge in [0.05, 0.1) is 11.3 Å². The molecule has 2 aromatic heterocycles. The third kappa shape index (κ3) is 1.72. The van der Waals surface area contributed by atoms with Gasteiger partial charge in [0.15, 0.2) is 0 Å². The van der Waals surface area contributed by atoms with E-state index in [0.29, 0.717) is 0 Å². The topological polar surface area (TPSA) is 49.6 Å². The van der Waals surface area contributed by atoms with Crippen molar-refractivity contribution in [2.45, 2.75) is 17.2 Å². The Bertz CT molecular complexity index is 486. The number of thiophene rings is 1. The number of hydrogen-bond donors (Lipinski definition) is 0. The van der Waals surface area contributed by atoms with Gasteiger partial charge in [0.25, 0.3) is 0 Å². The Balaban J connectivity index is 2.42. The van der Waals surface area contributed by atoms with Crippen LogP contribution in [-0.2, 0) is 0 Å². The summed E-state index contributed by atoms with van der Waals surface area (Å²) < 4.78 is 0. The molecule has 0 aliphatic carbocycles. The molecule has 0 saturated carbocycles. The van der Waals surface area contributed by atoms with E-state index in [0.717, 1.165) is 15.2 Å². The zero-order valence-corrected chi connectivity index (χ0v) is 9.10. The maximum Gasteiger partial charge on any atom is 0.127 e. The van der Waals surface area contributed by atoms with Gasteiger partial charge in [0.2, 0.25) is 0 Å². The predicted octanol–water partition coefficient (Wildman–Crippen LogP) is 2.70. The second kappa shape index (κ2) is 3.95. The van der Waals surface area contributed by atoms with Crippen LogP contribution >= 0.6 is 23.1 Å². The molecule has 0 amide bonds. The van der Waals surface area contributed by atoms with Crippen LogP contribution < -0.4 is 0 Å². The standard InChI is InChI=1S/C9H7N3S2/c1-6(4-10)14-9-7-2-3-13-8(7)11-5-12-9/h2-3,5-6H,1H3. The van der Waals surface area contributed by atoms with Gasteiger partial charge >= 0.3 is 0 Å². The molecule has 3 nitrogen and oxygen atoms in total. The number of nitriles is 1. The fourth-order valence-electron chi connectivity index (χ4n) is 1.06. The van der Waals surface area contributed by atoms with Crippen LogP contribution in [-0.4, -0.2) is 15.2 Å². The third-order valence-corrected chi connectivity index (χ3v) is 3.52. The van der Waals surface area contributed by atoms with E-state index in [-0.39, 0.29) is 5.25 Å². The van der Waals surface area contributed by atoms with Gasteiger partial charge < -0.3 is 0 Å². The Hall–Kier alpha value is -1.12. The number of hydrogen-bond acceptors (Lipinski definition) is 5. The van der Waals surface area contributed by atoms with Gasteiger partial charge in [0, 0.05) is 5.39 Å². The Morgan fingerprint density at radius 3 is 3.21 bits per heavy atom. The summed E-state index contributed by atoms with van der Waals surface area (Å²) in [5, 5.41) is 12.6. The maximum absolute atomic E-state index is 8.71. The van der Waals surface area contributed by atoms with Crippen LogP contribution in [0.25, 0.3) is 10.2 Å². The minimum Gasteiger partial charge on any atom is -0.229 e. The molecular weight excluding hydrogens is 214 g/mol. The highest BCUT2D eigenvalue weighted by atomic mass is 32.2. The van der Waals surface area contributed by atoms with Crippen molar-refractivity contribution in [3.8, 4) is 6.07 Å². The molecule has 0 saturated heterocycles. The molecule has 1 atom stereocenters. The van der Waals surface area contributed by atoms with Gasteiger partial charge in [-0.15, -0.1) is 11.3 Å². The quantitative estimate of drug-likeness (QED) is 0.578. The lowest BCUT2D eigenvalue weighted by Gasteiger charge is -2.01. The number of aromatic nitrogens is 2. The highest BCUT2D eigenvalue weighted by molar-refractivity contribution is 8.00. The van der Waals surface area contributed by atoms with E-state index in [1.807, 2.05) is 18.4 Å². The third-order valence-electron chi connectivity index (χ3n) is 1.70. The van der Waals surface area contributed by atoms with Crippen LogP contribution in [0.4, 0.5) is 0 Å². The van der Waals surface area contributed by atoms with Gasteiger partial charge in [-0.25, -0.2) is 9.97 Å². The lowest BCUT2D eigenvalue weighted by atomic mass is 10.4. The Morgan fingerprint density at radius 1 is 1.57 bits per heavy atom. The van der Waals surface area contributed by atoms with Gasteiger partial charge in [-0.1, -0.05) is 11.8 Å². The van der Waals surface area contributed by atoms with Crippen LogP contribution in [0.3, 0.4) is 0 Å². The molecule has 0 aliphatic heterocycles. The van der Waals surface area contributed by atoms with E-state index in [4.69, 9.17) is 5.26 Å². The molecule has 70 valence electrons. The van der Waals surface area contributed by atoms with Crippen molar-refractivity contribution in [1.29, 1.82) is 5.26 Å². The van der Waals surface area contributed by atoms with Gasteiger partial charge in [-0.2, -0.15) is 5.26 Å². The van der Waals surface area contributed by atoms with E-state index in [9.17, 15) is 0 Å². The summed E-state index contributed by atoms with van der Waals surface area (Å²) in [6.45, 7) is 1.87. The van der Waals surface area contributed by atoms with Crippen LogP contribution in [0.2, 0.25) is 0 Å². The monoisotopic (exact) mass is 221 g/mol. The first kappa shape index (κ1) is 9.44. The molecule has 0 N–H and O–H groups in total. The fraction of sp³-hybridized carbons (Fsp3) is 0.222. The first-order valence-corrected chi connectivity index (χ1v) is 5.81. The molecule has 0 aliphatic rings. The van der Waals surface area contributed by atoms with Crippen LogP contribution in [0.1, 0.15) is 6.92 Å². The summed E-state index contributed by atoms with van der Waals surface area (Å²) in [4.78, 5) is 9.30. The van der Waals surface area contributed by atoms with E-state index in [2.05, 4.69) is 16.0 Å². The summed E-state index contributed by atoms with van der Waals surface area (Å²) in [6.07, 6.45) is 1.55. The maximum atomic E-state index is 8.71. The van der Waals surface area contributed by atoms with E-state index in [1.54, 1.807) is 17.7 Å². The molecule has 0 radical (unpaired) electrons. The molecule has 14 heavy (non-hydrogen) atoms. The molecule has 0 aromatic carbocycles. The van der Waals surface area contributed by atoms with E-state index in [1.165, 1.54) is 11.8 Å². The van der Waals surface area contributed by atoms with Crippen molar-refractivity contribution in [3.63, 3.8) is 0 Å². The lowest BCUT2D eigenvalue weighted by Crippen LogP contribution is -1.92. The zero-order valence-electron chi connectivity index (χ0n) is 7.47. The number of rotatable bonds is 2. The van der Waals surface area contributed by atoms with E-state index < -0.39 is 0 Å². The average molecular weight is 221 g/mol. The van der Waals surface area contributed by atoms with Crippen molar-refractivity contribution in [1.82, 2.24) is 9.97 Å². The zero-order chi connectivity index (χ0) is 9.97. The SMILES string of the molecule is CC(C#N)Sc1ncnc2sccc12. The number of nitrogens with zero attached hydrogens (tertiary/aromatic N) is 3. The van der Waals surface area contributed by atoms with Crippen molar-refractivity contribution in [2.75, 3.05) is 0 Å². The molecule has 2 rings (SSSR count). The summed E-state index contributed by atoms with van der Waals surface area (Å²) in [7, 11) is 0. The second-order valence-corrected chi connectivity index (χ2v) is 4.93. The Kier molecular flexibility index (Phi) is 2.66. The fourth-order valence-corrected chi connectivity index (χ4v) is 2.64. The summed E-state index contributed by atoms with van der Waals surface area (Å²) in [6, 6.07) is 4.17. The van der Waals surface area contributed by atoms with Crippen LogP contribution in [0, 0.1) is 11.3 Å². The summed E-state index contributed by atoms with van der Waals surface area (Å²) >= 11 is 3.06. The smallest absolute Gasteiger partial charge is 0.127 e. The molecule has 0 fully saturated rings. The molecule has 2 heterocycles. The van der Waals surface area contributed by atoms with Gasteiger partial charge in [0.1, 0.15) is 16.2 Å². The molecular formula is C9H7N3S2. The van der Waals surface area contributed by atoms with Gasteiger partial charge in [-0.05, 0) is 18.4 Å². The second-order valence-electron chi connectivity index (χ2n) is 2.71. The highest BCUT2D eigenvalue weighted by Crippen LogP contribution is 2.29. The van der Waals surface area contributed by atoms with Crippen molar-refractivity contribution >= 4 is 33.3 Å². The minimum atomic E-state index is -0.0759. The van der Waals surface area contributed by atoms with Gasteiger partial charge in [-0.3, -0.25) is 0 Å². The summed E-state index contributed by atoms with van der Waals surface area (Å²) in [5.41, 5.74) is 0. The molecule has 0 spiro atoms. The normalized spacial score (nSPS) is 12.6. The summed E-state index contributed by atoms with van der Waals surface area (Å²) in [5.74, 6) is 0. The predicted molar refractivity (Wildman–Crippen MR) is 58.3 cm³/mol. The highest BCUT2D eigenvalue weighted by Gasteiger charge is 2.08. The van der Waals surface area contributed by atoms with Crippen LogP contribution in [0.5, 0.6) is 0 Å². The minimum absolute atomic E-state index is 0.0759. The molecule has 2 aromatic rings. The first-order chi connectivity index (χ1) is 6.81. The number of fused-ring (bicyclic) bond motifs is 1. The van der Waals surface area contributed by atoms with Crippen molar-refractivity contribution in [2.24, 2.45) is 0 Å². The largest absolute Gasteiger partial charge is 0.229 e. The average Bonchev–Trinajstić information content (AvgIpc) is 2.66. The molecule has 0 bridgehead atoms. The lowest BCUT2D eigenvalue weighted by molar-refractivity contribution is 1.10. The molecule has 1 unspecified atom stereocenters. The Morgan fingerprint density at radius 2 is 2.43 bits per heavy atom. The number of thioether (sulfide) groups is 1. The first-order valence-electron chi connectivity index (χ1n) is 4.05. The van der Waals surface area contributed by atoms with Crippen molar-refractivity contribution in [3.05, 3.63) is 17.8 Å².